The van der Waals surface area contributed by atoms with Gasteiger partial charge < -0.3 is 5.11 Å². The summed E-state index contributed by atoms with van der Waals surface area (Å²) in [5, 5.41) is 10.2. The second-order valence-electron chi connectivity index (χ2n) is 6.03. The molecule has 8 nitrogen and oxygen atoms in total. The van der Waals surface area contributed by atoms with Crippen LogP contribution in [0, 0.1) is 0 Å². The normalized spacial score (nSPS) is 12.3. The minimum Gasteiger partial charge on any atom is -0.511 e. The second-order valence-corrected chi connectivity index (χ2v) is 7.02. The van der Waals surface area contributed by atoms with E-state index in [0.29, 0.717) is 12.2 Å². The molecule has 2 aromatic heterocycles. The van der Waals surface area contributed by atoms with Crippen molar-refractivity contribution in [3.05, 3.63) is 37.3 Å². The molecular weight excluding hydrogens is 356 g/mol. The van der Waals surface area contributed by atoms with Crippen LogP contribution in [0.1, 0.15) is 39.4 Å². The van der Waals surface area contributed by atoms with Gasteiger partial charge in [-0.25, -0.2) is 14.8 Å². The van der Waals surface area contributed by atoms with E-state index < -0.39 is 11.2 Å². The van der Waals surface area contributed by atoms with Gasteiger partial charge >= 0.3 is 5.69 Å². The summed E-state index contributed by atoms with van der Waals surface area (Å²) in [6.07, 6.45) is 2.37. The van der Waals surface area contributed by atoms with E-state index in [9.17, 15) is 19.5 Å². The Morgan fingerprint density at radius 1 is 1.15 bits per heavy atom. The summed E-state index contributed by atoms with van der Waals surface area (Å²) in [5.74, 6) is 0.00752. The number of aromatic nitrogens is 4. The lowest BCUT2D eigenvalue weighted by Crippen LogP contribution is -2.37. The highest BCUT2D eigenvalue weighted by Crippen LogP contribution is 2.31. The predicted molar refractivity (Wildman–Crippen MR) is 100 cm³/mol. The third kappa shape index (κ3) is 3.72. The van der Waals surface area contributed by atoms with Gasteiger partial charge in [0, 0.05) is 20.5 Å². The molecule has 2 aromatic rings. The Hall–Kier alpha value is -2.42. The number of unbranched alkanes of at least 4 members (excludes halogenated alkanes) is 1. The van der Waals surface area contributed by atoms with Crippen LogP contribution in [0.4, 0.5) is 0 Å². The van der Waals surface area contributed by atoms with Crippen LogP contribution in [0.5, 0.6) is 0 Å². The molecule has 0 spiro atoms. The number of Topliss-reactive ketones (excluding diaryl/α,β-unsaturated/α-hetero) is 1. The van der Waals surface area contributed by atoms with Crippen molar-refractivity contribution < 1.29 is 9.90 Å². The van der Waals surface area contributed by atoms with Crippen LogP contribution >= 0.6 is 11.8 Å². The smallest absolute Gasteiger partial charge is 0.332 e. The summed E-state index contributed by atoms with van der Waals surface area (Å²) in [6.45, 7) is 4.77. The molecule has 0 fully saturated rings. The summed E-state index contributed by atoms with van der Waals surface area (Å²) in [6, 6.07) is 0. The van der Waals surface area contributed by atoms with Crippen molar-refractivity contribution >= 4 is 28.6 Å². The van der Waals surface area contributed by atoms with Gasteiger partial charge in [0.1, 0.15) is 22.0 Å². The molecule has 2 rings (SSSR count). The molecule has 26 heavy (non-hydrogen) atoms. The maximum Gasteiger partial charge on any atom is 0.332 e. The number of ketones is 1. The first-order valence-corrected chi connectivity index (χ1v) is 9.05. The molecule has 0 aliphatic carbocycles. The number of aryl methyl sites for hydroxylation is 2. The maximum absolute atomic E-state index is 12.7. The monoisotopic (exact) mass is 378 g/mol. The Balaban J connectivity index is 2.85. The molecule has 9 heteroatoms. The molecule has 0 saturated carbocycles. The zero-order valence-corrected chi connectivity index (χ0v) is 16.3. The van der Waals surface area contributed by atoms with Crippen LogP contribution in [-0.2, 0) is 25.3 Å². The molecule has 140 valence electrons. The van der Waals surface area contributed by atoms with Gasteiger partial charge in [0.15, 0.2) is 11.4 Å². The molecule has 2 heterocycles. The molecule has 0 aliphatic rings. The van der Waals surface area contributed by atoms with E-state index in [1.807, 2.05) is 6.92 Å². The lowest BCUT2D eigenvalue weighted by molar-refractivity contribution is -0.113. The van der Waals surface area contributed by atoms with Gasteiger partial charge in [-0.2, -0.15) is 0 Å². The number of carbonyl (C=O) groups is 1. The molecule has 0 aliphatic heterocycles. The van der Waals surface area contributed by atoms with E-state index in [2.05, 4.69) is 9.97 Å². The standard InChI is InChI=1S/C17H22N4O4S/c1-6-7-8-11-18-14-12(16(24)21(5)17(25)20(14)4)15(19-11)26-13(9(2)22)10(3)23/h22H,6-8H2,1-5H3/b13-9-. The van der Waals surface area contributed by atoms with E-state index in [-0.39, 0.29) is 32.5 Å². The van der Waals surface area contributed by atoms with Gasteiger partial charge in [-0.1, -0.05) is 25.1 Å². The summed E-state index contributed by atoms with van der Waals surface area (Å²) in [4.78, 5) is 45.7. The summed E-state index contributed by atoms with van der Waals surface area (Å²) in [7, 11) is 2.91. The summed E-state index contributed by atoms with van der Waals surface area (Å²) >= 11 is 0.920. The Labute approximate surface area is 154 Å². The quantitative estimate of drug-likeness (QED) is 0.354. The molecule has 1 N–H and O–H groups in total. The van der Waals surface area contributed by atoms with Gasteiger partial charge in [-0.3, -0.25) is 18.7 Å². The van der Waals surface area contributed by atoms with E-state index in [1.54, 1.807) is 0 Å². The van der Waals surface area contributed by atoms with Crippen molar-refractivity contribution in [3.8, 4) is 0 Å². The van der Waals surface area contributed by atoms with Crippen molar-refractivity contribution in [1.82, 2.24) is 19.1 Å². The number of aliphatic hydroxyl groups excluding tert-OH is 1. The molecule has 0 aromatic carbocycles. The van der Waals surface area contributed by atoms with Crippen LogP contribution in [0.3, 0.4) is 0 Å². The number of aliphatic hydroxyl groups is 1. The molecule has 0 saturated heterocycles. The Bertz CT molecular complexity index is 1020. The first-order valence-electron chi connectivity index (χ1n) is 8.24. The summed E-state index contributed by atoms with van der Waals surface area (Å²) < 4.78 is 2.27. The van der Waals surface area contributed by atoms with Crippen LogP contribution in [-0.4, -0.2) is 30.0 Å². The van der Waals surface area contributed by atoms with Crippen molar-refractivity contribution in [3.63, 3.8) is 0 Å². The van der Waals surface area contributed by atoms with Gasteiger partial charge in [0.2, 0.25) is 0 Å². The van der Waals surface area contributed by atoms with Crippen LogP contribution < -0.4 is 11.2 Å². The Morgan fingerprint density at radius 2 is 1.81 bits per heavy atom. The number of carbonyl (C=O) groups excluding carboxylic acids is 1. The number of nitrogens with zero attached hydrogens (tertiary/aromatic N) is 4. The van der Waals surface area contributed by atoms with E-state index in [1.165, 1.54) is 32.5 Å². The Kier molecular flexibility index (Phi) is 6.01. The average Bonchev–Trinajstić information content (AvgIpc) is 2.59. The third-order valence-electron chi connectivity index (χ3n) is 3.91. The number of hydrogen-bond acceptors (Lipinski definition) is 7. The van der Waals surface area contributed by atoms with Gasteiger partial charge in [0.05, 0.1) is 4.91 Å². The molecule has 0 amide bonds. The highest BCUT2D eigenvalue weighted by molar-refractivity contribution is 8.04. The van der Waals surface area contributed by atoms with Crippen LogP contribution in [0.15, 0.2) is 25.3 Å². The third-order valence-corrected chi connectivity index (χ3v) is 5.19. The SMILES string of the molecule is CCCCc1nc(S/C(C(C)=O)=C(/C)O)c2c(=O)n(C)c(=O)n(C)c2n1. The van der Waals surface area contributed by atoms with Crippen molar-refractivity contribution in [2.24, 2.45) is 14.1 Å². The summed E-state index contributed by atoms with van der Waals surface area (Å²) in [5.41, 5.74) is -0.800. The molecule has 0 radical (unpaired) electrons. The number of thioether (sulfide) groups is 1. The highest BCUT2D eigenvalue weighted by atomic mass is 32.2. The molecule has 0 atom stereocenters. The molecule has 0 unspecified atom stereocenters. The fourth-order valence-electron chi connectivity index (χ4n) is 2.49. The van der Waals surface area contributed by atoms with Crippen molar-refractivity contribution in [1.29, 1.82) is 0 Å². The molecular formula is C17H22N4O4S. The lowest BCUT2D eigenvalue weighted by Gasteiger charge is -2.12. The van der Waals surface area contributed by atoms with Gasteiger partial charge in [-0.05, 0) is 20.3 Å². The van der Waals surface area contributed by atoms with Crippen LogP contribution in [0.25, 0.3) is 11.0 Å². The first kappa shape index (κ1) is 19.9. The van der Waals surface area contributed by atoms with E-state index in [0.717, 1.165) is 29.2 Å². The van der Waals surface area contributed by atoms with Crippen molar-refractivity contribution in [2.75, 3.05) is 0 Å². The lowest BCUT2D eigenvalue weighted by atomic mass is 10.2. The molecule has 0 bridgehead atoms. The number of hydrogen-bond donors (Lipinski definition) is 1. The Morgan fingerprint density at radius 3 is 2.35 bits per heavy atom. The number of rotatable bonds is 6. The topological polar surface area (TPSA) is 107 Å². The number of fused-ring (bicyclic) bond motifs is 1. The minimum atomic E-state index is -0.536. The minimum absolute atomic E-state index is 0.0994. The van der Waals surface area contributed by atoms with Gasteiger partial charge in [0.25, 0.3) is 5.56 Å². The van der Waals surface area contributed by atoms with E-state index >= 15 is 0 Å². The van der Waals surface area contributed by atoms with E-state index in [4.69, 9.17) is 0 Å². The first-order chi connectivity index (χ1) is 12.2. The number of allylic oxidation sites excluding steroid dienone is 2. The largest absolute Gasteiger partial charge is 0.511 e. The fraction of sp³-hybridized carbons (Fsp3) is 0.471. The second kappa shape index (κ2) is 7.86. The maximum atomic E-state index is 12.7. The average molecular weight is 378 g/mol. The van der Waals surface area contributed by atoms with Gasteiger partial charge in [-0.15, -0.1) is 0 Å². The predicted octanol–water partition coefficient (Wildman–Crippen LogP) is 1.84. The zero-order chi connectivity index (χ0) is 19.6. The highest BCUT2D eigenvalue weighted by Gasteiger charge is 2.20. The zero-order valence-electron chi connectivity index (χ0n) is 15.5. The van der Waals surface area contributed by atoms with Crippen LogP contribution in [0.2, 0.25) is 0 Å². The van der Waals surface area contributed by atoms with Crippen molar-refractivity contribution in [2.45, 2.75) is 45.1 Å². The fourth-order valence-corrected chi connectivity index (χ4v) is 3.41.